The van der Waals surface area contributed by atoms with Gasteiger partial charge >= 0.3 is 0 Å². The van der Waals surface area contributed by atoms with Crippen LogP contribution in [0.25, 0.3) is 0 Å². The average Bonchev–Trinajstić information content (AvgIpc) is 3.25. The number of hydrogen-bond donors (Lipinski definition) is 1. The predicted octanol–water partition coefficient (Wildman–Crippen LogP) is 0.712. The minimum absolute atomic E-state index is 0.0551. The van der Waals surface area contributed by atoms with E-state index >= 15 is 0 Å². The van der Waals surface area contributed by atoms with Crippen LogP contribution in [0.5, 0.6) is 0 Å². The van der Waals surface area contributed by atoms with Crippen LogP contribution >= 0.6 is 0 Å². The van der Waals surface area contributed by atoms with Crippen molar-refractivity contribution >= 4 is 27.5 Å². The first-order chi connectivity index (χ1) is 11.4. The van der Waals surface area contributed by atoms with Gasteiger partial charge in [-0.15, -0.1) is 0 Å². The van der Waals surface area contributed by atoms with Crippen LogP contribution in [0.3, 0.4) is 0 Å². The van der Waals surface area contributed by atoms with Gasteiger partial charge in [0.1, 0.15) is 0 Å². The summed E-state index contributed by atoms with van der Waals surface area (Å²) < 4.78 is 26.1. The average molecular weight is 351 g/mol. The molecule has 2 aliphatic rings. The standard InChI is InChI=1S/C16H21N3O4S/c1-18(11-15(20)17-12-4-5-12)24(22,23)14-8-6-13(7-9-14)19-10-2-3-16(19)21/h6-9,12H,2-5,10-11H2,1H3,(H,17,20). The molecule has 1 heterocycles. The number of likely N-dealkylation sites (N-methyl/N-ethyl adjacent to an activating group) is 1. The zero-order valence-electron chi connectivity index (χ0n) is 13.6. The molecule has 1 aliphatic heterocycles. The van der Waals surface area contributed by atoms with E-state index in [1.807, 2.05) is 0 Å². The van der Waals surface area contributed by atoms with E-state index in [0.717, 1.165) is 23.6 Å². The SMILES string of the molecule is CN(CC(=O)NC1CC1)S(=O)(=O)c1ccc(N2CCCC2=O)cc1. The topological polar surface area (TPSA) is 86.8 Å². The number of nitrogens with one attached hydrogen (secondary N) is 1. The lowest BCUT2D eigenvalue weighted by Crippen LogP contribution is -2.39. The third-order valence-electron chi connectivity index (χ3n) is 4.24. The van der Waals surface area contributed by atoms with E-state index in [0.29, 0.717) is 18.7 Å². The fourth-order valence-corrected chi connectivity index (χ4v) is 3.81. The van der Waals surface area contributed by atoms with Gasteiger partial charge in [0.05, 0.1) is 11.4 Å². The second-order valence-electron chi connectivity index (χ2n) is 6.25. The van der Waals surface area contributed by atoms with Crippen molar-refractivity contribution in [1.29, 1.82) is 0 Å². The summed E-state index contributed by atoms with van der Waals surface area (Å²) in [7, 11) is -2.35. The summed E-state index contributed by atoms with van der Waals surface area (Å²) >= 11 is 0. The molecule has 0 aromatic heterocycles. The molecular weight excluding hydrogens is 330 g/mol. The van der Waals surface area contributed by atoms with Gasteiger partial charge in [-0.3, -0.25) is 9.59 Å². The van der Waals surface area contributed by atoms with Crippen LogP contribution in [0.1, 0.15) is 25.7 Å². The number of rotatable bonds is 6. The summed E-state index contributed by atoms with van der Waals surface area (Å²) in [5.41, 5.74) is 0.700. The van der Waals surface area contributed by atoms with Crippen molar-refractivity contribution in [2.75, 3.05) is 25.0 Å². The molecule has 8 heteroatoms. The van der Waals surface area contributed by atoms with E-state index < -0.39 is 10.0 Å². The lowest BCUT2D eigenvalue weighted by molar-refractivity contribution is -0.121. The highest BCUT2D eigenvalue weighted by Crippen LogP contribution is 2.24. The molecule has 1 N–H and O–H groups in total. The molecule has 7 nitrogen and oxygen atoms in total. The van der Waals surface area contributed by atoms with Crippen molar-refractivity contribution in [3.8, 4) is 0 Å². The van der Waals surface area contributed by atoms with Crippen molar-refractivity contribution in [2.45, 2.75) is 36.6 Å². The Balaban J connectivity index is 1.69. The molecule has 0 unspecified atom stereocenters. The van der Waals surface area contributed by atoms with E-state index in [1.165, 1.54) is 19.2 Å². The van der Waals surface area contributed by atoms with Crippen LogP contribution in [0, 0.1) is 0 Å². The molecule has 1 aromatic rings. The van der Waals surface area contributed by atoms with E-state index in [9.17, 15) is 18.0 Å². The number of benzene rings is 1. The molecule has 1 saturated heterocycles. The van der Waals surface area contributed by atoms with E-state index in [2.05, 4.69) is 5.32 Å². The number of sulfonamides is 1. The molecule has 0 radical (unpaired) electrons. The molecule has 0 bridgehead atoms. The first-order valence-electron chi connectivity index (χ1n) is 8.04. The Morgan fingerprint density at radius 3 is 2.50 bits per heavy atom. The Morgan fingerprint density at radius 2 is 1.96 bits per heavy atom. The van der Waals surface area contributed by atoms with Gasteiger partial charge in [-0.25, -0.2) is 8.42 Å². The molecule has 1 saturated carbocycles. The molecular formula is C16H21N3O4S. The van der Waals surface area contributed by atoms with E-state index in [4.69, 9.17) is 0 Å². The lowest BCUT2D eigenvalue weighted by Gasteiger charge is -2.19. The van der Waals surface area contributed by atoms with Crippen LogP contribution in [-0.4, -0.2) is 50.7 Å². The van der Waals surface area contributed by atoms with Crippen LogP contribution < -0.4 is 10.2 Å². The summed E-state index contributed by atoms with van der Waals surface area (Å²) in [4.78, 5) is 25.3. The largest absolute Gasteiger partial charge is 0.352 e. The fraction of sp³-hybridized carbons (Fsp3) is 0.500. The van der Waals surface area contributed by atoms with Gasteiger partial charge < -0.3 is 10.2 Å². The molecule has 24 heavy (non-hydrogen) atoms. The van der Waals surface area contributed by atoms with Gasteiger partial charge in [0, 0.05) is 31.7 Å². The maximum Gasteiger partial charge on any atom is 0.243 e. The number of carbonyl (C=O) groups is 2. The quantitative estimate of drug-likeness (QED) is 0.818. The number of carbonyl (C=O) groups excluding carboxylic acids is 2. The summed E-state index contributed by atoms with van der Waals surface area (Å²) in [5, 5.41) is 2.77. The second-order valence-corrected chi connectivity index (χ2v) is 8.29. The van der Waals surface area contributed by atoms with Crippen LogP contribution in [0.2, 0.25) is 0 Å². The summed E-state index contributed by atoms with van der Waals surface area (Å²) in [5.74, 6) is -0.234. The molecule has 2 amide bonds. The fourth-order valence-electron chi connectivity index (χ4n) is 2.69. The Hall–Kier alpha value is -1.93. The Labute approximate surface area is 141 Å². The smallest absolute Gasteiger partial charge is 0.243 e. The number of nitrogens with zero attached hydrogens (tertiary/aromatic N) is 2. The zero-order valence-corrected chi connectivity index (χ0v) is 14.4. The zero-order chi connectivity index (χ0) is 17.3. The second kappa shape index (κ2) is 6.52. The highest BCUT2D eigenvalue weighted by atomic mass is 32.2. The van der Waals surface area contributed by atoms with Gasteiger partial charge in [-0.05, 0) is 43.5 Å². The Morgan fingerprint density at radius 1 is 1.29 bits per heavy atom. The molecule has 3 rings (SSSR count). The maximum atomic E-state index is 12.5. The number of hydrogen-bond acceptors (Lipinski definition) is 4. The minimum atomic E-state index is -3.73. The third kappa shape index (κ3) is 3.59. The first kappa shape index (κ1) is 16.9. The van der Waals surface area contributed by atoms with Gasteiger partial charge in [0.2, 0.25) is 21.8 Å². The third-order valence-corrected chi connectivity index (χ3v) is 6.06. The minimum Gasteiger partial charge on any atom is -0.352 e. The molecule has 2 fully saturated rings. The first-order valence-corrected chi connectivity index (χ1v) is 9.48. The van der Waals surface area contributed by atoms with E-state index in [-0.39, 0.29) is 29.3 Å². The monoisotopic (exact) mass is 351 g/mol. The Kier molecular flexibility index (Phi) is 4.60. The molecule has 1 aromatic carbocycles. The van der Waals surface area contributed by atoms with Gasteiger partial charge in [-0.1, -0.05) is 0 Å². The van der Waals surface area contributed by atoms with Crippen molar-refractivity contribution in [2.24, 2.45) is 0 Å². The van der Waals surface area contributed by atoms with Crippen molar-refractivity contribution in [3.63, 3.8) is 0 Å². The highest BCUT2D eigenvalue weighted by molar-refractivity contribution is 7.89. The Bertz CT molecular complexity index is 741. The molecule has 130 valence electrons. The van der Waals surface area contributed by atoms with Crippen molar-refractivity contribution in [3.05, 3.63) is 24.3 Å². The molecule has 0 spiro atoms. The van der Waals surface area contributed by atoms with Crippen LogP contribution in [-0.2, 0) is 19.6 Å². The lowest BCUT2D eigenvalue weighted by atomic mass is 10.3. The number of anilines is 1. The number of amides is 2. The molecule has 0 atom stereocenters. The maximum absolute atomic E-state index is 12.5. The van der Waals surface area contributed by atoms with Crippen LogP contribution in [0.15, 0.2) is 29.2 Å². The highest BCUT2D eigenvalue weighted by Gasteiger charge is 2.28. The van der Waals surface area contributed by atoms with Gasteiger partial charge in [0.15, 0.2) is 0 Å². The normalized spacial score (nSPS) is 18.2. The van der Waals surface area contributed by atoms with E-state index in [1.54, 1.807) is 17.0 Å². The van der Waals surface area contributed by atoms with Gasteiger partial charge in [-0.2, -0.15) is 4.31 Å². The molecule has 1 aliphatic carbocycles. The van der Waals surface area contributed by atoms with Crippen molar-refractivity contribution < 1.29 is 18.0 Å². The summed E-state index contributed by atoms with van der Waals surface area (Å²) in [6, 6.07) is 6.42. The predicted molar refractivity (Wildman–Crippen MR) is 89.0 cm³/mol. The summed E-state index contributed by atoms with van der Waals surface area (Å²) in [6.07, 6.45) is 3.26. The summed E-state index contributed by atoms with van der Waals surface area (Å²) in [6.45, 7) is 0.456. The van der Waals surface area contributed by atoms with Crippen molar-refractivity contribution in [1.82, 2.24) is 9.62 Å². The van der Waals surface area contributed by atoms with Gasteiger partial charge in [0.25, 0.3) is 0 Å². The van der Waals surface area contributed by atoms with Crippen LogP contribution in [0.4, 0.5) is 5.69 Å².